The Balaban J connectivity index is 1.97. The molecule has 1 aromatic heterocycles. The summed E-state index contributed by atoms with van der Waals surface area (Å²) in [5.74, 6) is 0.00423. The molecule has 26 heavy (non-hydrogen) atoms. The van der Waals surface area contributed by atoms with Gasteiger partial charge < -0.3 is 9.47 Å². The normalized spacial score (nSPS) is 10.8. The maximum absolute atomic E-state index is 12.4. The highest BCUT2D eigenvalue weighted by atomic mass is 16.2. The van der Waals surface area contributed by atoms with E-state index in [1.807, 2.05) is 54.6 Å². The lowest BCUT2D eigenvalue weighted by atomic mass is 10.1. The maximum Gasteiger partial charge on any atom is 0.253 e. The molecule has 1 heterocycles. The summed E-state index contributed by atoms with van der Waals surface area (Å²) in [7, 11) is 3.55. The van der Waals surface area contributed by atoms with E-state index in [2.05, 4.69) is 34.9 Å². The molecule has 0 unspecified atom stereocenters. The van der Waals surface area contributed by atoms with Gasteiger partial charge in [-0.05, 0) is 35.9 Å². The highest BCUT2D eigenvalue weighted by Gasteiger charge is 2.14. The van der Waals surface area contributed by atoms with Gasteiger partial charge in [0.1, 0.15) is 0 Å². The summed E-state index contributed by atoms with van der Waals surface area (Å²) < 4.78 is 2.22. The average Bonchev–Trinajstić information content (AvgIpc) is 3.07. The third kappa shape index (κ3) is 2.78. The monoisotopic (exact) mass is 340 g/mol. The Labute approximate surface area is 153 Å². The van der Waals surface area contributed by atoms with Crippen LogP contribution in [0, 0.1) is 0 Å². The minimum absolute atomic E-state index is 0.00423. The topological polar surface area (TPSA) is 25.2 Å². The van der Waals surface area contributed by atoms with Crippen molar-refractivity contribution in [3.8, 4) is 16.9 Å². The number of nitrogens with zero attached hydrogens (tertiary/aromatic N) is 2. The molecule has 0 saturated heterocycles. The van der Waals surface area contributed by atoms with Crippen LogP contribution in [-0.4, -0.2) is 29.5 Å². The molecule has 1 amide bonds. The van der Waals surface area contributed by atoms with Crippen LogP contribution < -0.4 is 0 Å². The van der Waals surface area contributed by atoms with Crippen molar-refractivity contribution in [2.75, 3.05) is 14.1 Å². The number of amides is 1. The zero-order valence-corrected chi connectivity index (χ0v) is 14.9. The van der Waals surface area contributed by atoms with Crippen molar-refractivity contribution >= 4 is 16.8 Å². The quantitative estimate of drug-likeness (QED) is 0.515. The number of carbonyl (C=O) groups is 1. The number of fused-ring (bicyclic) bond motifs is 1. The van der Waals surface area contributed by atoms with E-state index in [1.54, 1.807) is 19.0 Å². The van der Waals surface area contributed by atoms with Crippen LogP contribution in [0.25, 0.3) is 27.8 Å². The fourth-order valence-electron chi connectivity index (χ4n) is 3.29. The second kappa shape index (κ2) is 6.52. The summed E-state index contributed by atoms with van der Waals surface area (Å²) in [4.78, 5) is 14.0. The summed E-state index contributed by atoms with van der Waals surface area (Å²) >= 11 is 0. The minimum atomic E-state index is 0.00423. The van der Waals surface area contributed by atoms with Crippen molar-refractivity contribution < 1.29 is 4.79 Å². The zero-order valence-electron chi connectivity index (χ0n) is 14.9. The highest BCUT2D eigenvalue weighted by molar-refractivity contribution is 5.95. The van der Waals surface area contributed by atoms with Crippen LogP contribution in [0.2, 0.25) is 0 Å². The molecule has 0 radical (unpaired) electrons. The summed E-state index contributed by atoms with van der Waals surface area (Å²) in [6.45, 7) is 0. The molecule has 0 spiro atoms. The predicted octanol–water partition coefficient (Wildman–Crippen LogP) is 5.00. The Hall–Kier alpha value is -3.33. The van der Waals surface area contributed by atoms with Gasteiger partial charge >= 0.3 is 0 Å². The lowest BCUT2D eigenvalue weighted by Crippen LogP contribution is -2.21. The Kier molecular flexibility index (Phi) is 4.05. The Morgan fingerprint density at radius 1 is 0.808 bits per heavy atom. The van der Waals surface area contributed by atoms with Gasteiger partial charge in [0.2, 0.25) is 0 Å². The van der Waals surface area contributed by atoms with E-state index in [4.69, 9.17) is 0 Å². The fourth-order valence-corrected chi connectivity index (χ4v) is 3.29. The fraction of sp³-hybridized carbons (Fsp3) is 0.0870. The summed E-state index contributed by atoms with van der Waals surface area (Å²) in [6.07, 6.45) is 0. The number of para-hydroxylation sites is 1. The van der Waals surface area contributed by atoms with Gasteiger partial charge in [0.25, 0.3) is 5.91 Å². The number of hydrogen-bond donors (Lipinski definition) is 0. The number of hydrogen-bond acceptors (Lipinski definition) is 1. The first-order chi connectivity index (χ1) is 12.6. The number of rotatable bonds is 3. The standard InChI is InChI=1S/C23H20N2O/c1-24(2)23(26)19-12-8-13-20(15-19)25-21-14-7-6-11-18(21)16-22(25)17-9-4-3-5-10-17/h3-16H,1-2H3. The molecule has 4 rings (SSSR count). The molecule has 0 atom stereocenters. The van der Waals surface area contributed by atoms with Crippen LogP contribution in [0.15, 0.2) is 84.9 Å². The minimum Gasteiger partial charge on any atom is -0.345 e. The lowest BCUT2D eigenvalue weighted by molar-refractivity contribution is 0.0827. The van der Waals surface area contributed by atoms with Gasteiger partial charge in [-0.25, -0.2) is 0 Å². The molecule has 3 nitrogen and oxygen atoms in total. The average molecular weight is 340 g/mol. The van der Waals surface area contributed by atoms with Gasteiger partial charge in [-0.1, -0.05) is 54.6 Å². The van der Waals surface area contributed by atoms with E-state index >= 15 is 0 Å². The number of carbonyl (C=O) groups excluding carboxylic acids is 1. The molecule has 0 aliphatic heterocycles. The second-order valence-corrected chi connectivity index (χ2v) is 6.54. The molecule has 0 N–H and O–H groups in total. The first kappa shape index (κ1) is 16.2. The van der Waals surface area contributed by atoms with Gasteiger partial charge in [-0.2, -0.15) is 0 Å². The van der Waals surface area contributed by atoms with E-state index in [1.165, 1.54) is 5.39 Å². The molecule has 0 bridgehead atoms. The summed E-state index contributed by atoms with van der Waals surface area (Å²) in [5, 5.41) is 1.18. The van der Waals surface area contributed by atoms with Gasteiger partial charge in [0.05, 0.1) is 11.2 Å². The zero-order chi connectivity index (χ0) is 18.1. The summed E-state index contributed by atoms with van der Waals surface area (Å²) in [5.41, 5.74) is 5.05. The molecule has 128 valence electrons. The van der Waals surface area contributed by atoms with Crippen LogP contribution in [0.1, 0.15) is 10.4 Å². The Morgan fingerprint density at radius 3 is 2.31 bits per heavy atom. The van der Waals surface area contributed by atoms with E-state index in [9.17, 15) is 4.79 Å². The Bertz CT molecular complexity index is 1080. The van der Waals surface area contributed by atoms with Crippen LogP contribution in [-0.2, 0) is 0 Å². The molecular formula is C23H20N2O. The van der Waals surface area contributed by atoms with Gasteiger partial charge in [0.15, 0.2) is 0 Å². The second-order valence-electron chi connectivity index (χ2n) is 6.54. The first-order valence-electron chi connectivity index (χ1n) is 8.63. The molecule has 0 aliphatic carbocycles. The van der Waals surface area contributed by atoms with E-state index in [-0.39, 0.29) is 5.91 Å². The van der Waals surface area contributed by atoms with E-state index in [0.29, 0.717) is 5.56 Å². The van der Waals surface area contributed by atoms with Gasteiger partial charge in [-0.15, -0.1) is 0 Å². The molecular weight excluding hydrogens is 320 g/mol. The molecule has 0 fully saturated rings. The van der Waals surface area contributed by atoms with Crippen molar-refractivity contribution in [2.24, 2.45) is 0 Å². The Morgan fingerprint density at radius 2 is 1.54 bits per heavy atom. The number of aromatic nitrogens is 1. The van der Waals surface area contributed by atoms with Gasteiger partial charge in [0, 0.05) is 30.7 Å². The van der Waals surface area contributed by atoms with E-state index < -0.39 is 0 Å². The smallest absolute Gasteiger partial charge is 0.253 e. The number of benzene rings is 3. The highest BCUT2D eigenvalue weighted by Crippen LogP contribution is 2.31. The predicted molar refractivity (Wildman–Crippen MR) is 107 cm³/mol. The molecule has 3 heteroatoms. The van der Waals surface area contributed by atoms with Crippen LogP contribution in [0.3, 0.4) is 0 Å². The lowest BCUT2D eigenvalue weighted by Gasteiger charge is -2.14. The summed E-state index contributed by atoms with van der Waals surface area (Å²) in [6, 6.07) is 28.7. The molecule has 3 aromatic carbocycles. The molecule has 0 aliphatic rings. The third-order valence-corrected chi connectivity index (χ3v) is 4.54. The van der Waals surface area contributed by atoms with Crippen molar-refractivity contribution in [2.45, 2.75) is 0 Å². The van der Waals surface area contributed by atoms with Crippen molar-refractivity contribution in [3.63, 3.8) is 0 Å². The van der Waals surface area contributed by atoms with Crippen molar-refractivity contribution in [3.05, 3.63) is 90.5 Å². The third-order valence-electron chi connectivity index (χ3n) is 4.54. The molecule has 4 aromatic rings. The van der Waals surface area contributed by atoms with Crippen molar-refractivity contribution in [1.29, 1.82) is 0 Å². The first-order valence-corrected chi connectivity index (χ1v) is 8.63. The van der Waals surface area contributed by atoms with Crippen LogP contribution in [0.4, 0.5) is 0 Å². The van der Waals surface area contributed by atoms with Crippen LogP contribution >= 0.6 is 0 Å². The molecule has 0 saturated carbocycles. The maximum atomic E-state index is 12.4. The SMILES string of the molecule is CN(C)C(=O)c1cccc(-n2c(-c3ccccc3)cc3ccccc32)c1. The van der Waals surface area contributed by atoms with Crippen LogP contribution in [0.5, 0.6) is 0 Å². The van der Waals surface area contributed by atoms with Crippen molar-refractivity contribution in [1.82, 2.24) is 9.47 Å². The van der Waals surface area contributed by atoms with Gasteiger partial charge in [-0.3, -0.25) is 4.79 Å². The largest absolute Gasteiger partial charge is 0.345 e. The van der Waals surface area contributed by atoms with E-state index in [0.717, 1.165) is 22.5 Å².